The maximum Gasteiger partial charge on any atom is 0.273 e. The van der Waals surface area contributed by atoms with Gasteiger partial charge in [0.15, 0.2) is 5.16 Å². The summed E-state index contributed by atoms with van der Waals surface area (Å²) in [5.41, 5.74) is 3.25. The summed E-state index contributed by atoms with van der Waals surface area (Å²) in [7, 11) is 0. The van der Waals surface area contributed by atoms with Gasteiger partial charge in [-0.1, -0.05) is 49.9 Å². The van der Waals surface area contributed by atoms with Gasteiger partial charge < -0.3 is 0 Å². The number of thioether (sulfide) groups is 1. The van der Waals surface area contributed by atoms with Crippen LogP contribution in [0.1, 0.15) is 30.9 Å². The van der Waals surface area contributed by atoms with Crippen molar-refractivity contribution in [1.82, 2.24) is 19.2 Å². The average Bonchev–Trinajstić information content (AvgIpc) is 3.25. The van der Waals surface area contributed by atoms with Gasteiger partial charge >= 0.3 is 0 Å². The topological polar surface area (TPSA) is 52.2 Å². The zero-order valence-corrected chi connectivity index (χ0v) is 15.9. The quantitative estimate of drug-likeness (QED) is 0.510. The minimum Gasteiger partial charge on any atom is -0.271 e. The highest BCUT2D eigenvalue weighted by molar-refractivity contribution is 7.98. The van der Waals surface area contributed by atoms with Gasteiger partial charge in [-0.3, -0.25) is 13.8 Å². The highest BCUT2D eigenvalue weighted by Gasteiger charge is 2.17. The van der Waals surface area contributed by atoms with Gasteiger partial charge in [-0.2, -0.15) is 0 Å². The molecule has 0 aliphatic heterocycles. The number of aromatic nitrogens is 4. The highest BCUT2D eigenvalue weighted by atomic mass is 32.2. The van der Waals surface area contributed by atoms with Crippen molar-refractivity contribution in [3.8, 4) is 0 Å². The third-order valence-corrected chi connectivity index (χ3v) is 5.87. The number of benzene rings is 1. The lowest BCUT2D eigenvalue weighted by atomic mass is 10.0. The van der Waals surface area contributed by atoms with Crippen molar-refractivity contribution in [3.05, 3.63) is 57.2 Å². The zero-order valence-electron chi connectivity index (χ0n) is 14.3. The molecule has 0 aliphatic carbocycles. The lowest BCUT2D eigenvalue weighted by Crippen LogP contribution is -2.23. The molecule has 3 heterocycles. The molecule has 0 N–H and O–H groups in total. The summed E-state index contributed by atoms with van der Waals surface area (Å²) in [6.45, 7) is 4.84. The Balaban J connectivity index is 1.89. The minimum atomic E-state index is -0.00881. The number of fused-ring (bicyclic) bond motifs is 3. The van der Waals surface area contributed by atoms with Crippen LogP contribution in [0, 0.1) is 0 Å². The summed E-state index contributed by atoms with van der Waals surface area (Å²) in [6, 6.07) is 10.4. The standard InChI is InChI=1S/C18H18N4OS2/c1-11(2)13-6-4-12(5-7-13)10-21-16(23)15-14(8-9-25-15)22-17(21)19-20-18(22)24-3/h4-9,11H,10H2,1-3H3. The molecule has 3 aromatic heterocycles. The van der Waals surface area contributed by atoms with E-state index < -0.39 is 0 Å². The van der Waals surface area contributed by atoms with Gasteiger partial charge in [-0.25, -0.2) is 0 Å². The molecule has 0 saturated heterocycles. The van der Waals surface area contributed by atoms with E-state index in [0.29, 0.717) is 18.2 Å². The number of nitrogens with zero attached hydrogens (tertiary/aromatic N) is 4. The molecule has 0 bridgehead atoms. The van der Waals surface area contributed by atoms with E-state index in [0.717, 1.165) is 20.9 Å². The molecule has 7 heteroatoms. The van der Waals surface area contributed by atoms with Crippen molar-refractivity contribution in [2.24, 2.45) is 0 Å². The fraction of sp³-hybridized carbons (Fsp3) is 0.278. The predicted molar refractivity (Wildman–Crippen MR) is 104 cm³/mol. The van der Waals surface area contributed by atoms with E-state index in [2.05, 4.69) is 48.3 Å². The number of hydrogen-bond donors (Lipinski definition) is 0. The van der Waals surface area contributed by atoms with E-state index in [1.54, 1.807) is 4.57 Å². The van der Waals surface area contributed by atoms with Crippen molar-refractivity contribution in [1.29, 1.82) is 0 Å². The van der Waals surface area contributed by atoms with Crippen LogP contribution in [0.25, 0.3) is 16.0 Å². The van der Waals surface area contributed by atoms with E-state index in [1.165, 1.54) is 28.7 Å². The summed E-state index contributed by atoms with van der Waals surface area (Å²) in [4.78, 5) is 13.0. The van der Waals surface area contributed by atoms with E-state index in [-0.39, 0.29) is 5.56 Å². The number of rotatable bonds is 4. The Bertz CT molecular complexity index is 1110. The van der Waals surface area contributed by atoms with Gasteiger partial charge in [-0.15, -0.1) is 21.5 Å². The molecule has 0 radical (unpaired) electrons. The molecule has 0 atom stereocenters. The first-order valence-corrected chi connectivity index (χ1v) is 10.2. The summed E-state index contributed by atoms with van der Waals surface area (Å²) in [5.74, 6) is 1.08. The molecule has 0 aliphatic rings. The second-order valence-electron chi connectivity index (χ2n) is 6.24. The molecule has 1 aromatic carbocycles. The van der Waals surface area contributed by atoms with Crippen LogP contribution in [0.3, 0.4) is 0 Å². The molecule has 4 aromatic rings. The van der Waals surface area contributed by atoms with Crippen LogP contribution in [0.2, 0.25) is 0 Å². The SMILES string of the molecule is CSc1nnc2n(Cc3ccc(C(C)C)cc3)c(=O)c3sccc3n12. The van der Waals surface area contributed by atoms with Crippen LogP contribution in [0.15, 0.2) is 45.7 Å². The fourth-order valence-corrected chi connectivity index (χ4v) is 4.27. The monoisotopic (exact) mass is 370 g/mol. The van der Waals surface area contributed by atoms with Gasteiger partial charge in [0.1, 0.15) is 4.70 Å². The van der Waals surface area contributed by atoms with E-state index in [9.17, 15) is 4.79 Å². The van der Waals surface area contributed by atoms with Crippen molar-refractivity contribution in [2.75, 3.05) is 6.26 Å². The van der Waals surface area contributed by atoms with Crippen molar-refractivity contribution in [2.45, 2.75) is 31.5 Å². The first-order valence-electron chi connectivity index (χ1n) is 8.08. The Morgan fingerprint density at radius 2 is 1.92 bits per heavy atom. The van der Waals surface area contributed by atoms with Crippen LogP contribution in [0.5, 0.6) is 0 Å². The van der Waals surface area contributed by atoms with E-state index in [4.69, 9.17) is 0 Å². The van der Waals surface area contributed by atoms with E-state index >= 15 is 0 Å². The van der Waals surface area contributed by atoms with Crippen molar-refractivity contribution < 1.29 is 0 Å². The smallest absolute Gasteiger partial charge is 0.271 e. The summed E-state index contributed by atoms with van der Waals surface area (Å²) in [6.07, 6.45) is 1.97. The molecule has 0 spiro atoms. The van der Waals surface area contributed by atoms with Crippen molar-refractivity contribution in [3.63, 3.8) is 0 Å². The maximum absolute atomic E-state index is 13.0. The molecule has 128 valence electrons. The fourth-order valence-electron chi connectivity index (χ4n) is 2.97. The number of hydrogen-bond acceptors (Lipinski definition) is 5. The lowest BCUT2D eigenvalue weighted by molar-refractivity contribution is 0.764. The first-order chi connectivity index (χ1) is 12.1. The third-order valence-electron chi connectivity index (χ3n) is 4.35. The van der Waals surface area contributed by atoms with E-state index in [1.807, 2.05) is 22.1 Å². The first kappa shape index (κ1) is 16.4. The zero-order chi connectivity index (χ0) is 17.6. The molecule has 0 saturated carbocycles. The lowest BCUT2D eigenvalue weighted by Gasteiger charge is -2.10. The normalized spacial score (nSPS) is 11.8. The molecular formula is C18H18N4OS2. The predicted octanol–water partition coefficient (Wildman–Crippen LogP) is 4.00. The summed E-state index contributed by atoms with van der Waals surface area (Å²) >= 11 is 2.99. The average molecular weight is 371 g/mol. The van der Waals surface area contributed by atoms with Gasteiger partial charge in [0, 0.05) is 0 Å². The molecular weight excluding hydrogens is 352 g/mol. The third kappa shape index (κ3) is 2.67. The highest BCUT2D eigenvalue weighted by Crippen LogP contribution is 2.23. The van der Waals surface area contributed by atoms with Gasteiger partial charge in [0.05, 0.1) is 12.1 Å². The molecule has 0 unspecified atom stereocenters. The molecule has 25 heavy (non-hydrogen) atoms. The summed E-state index contributed by atoms with van der Waals surface area (Å²) < 4.78 is 4.43. The number of thiophene rings is 1. The summed E-state index contributed by atoms with van der Waals surface area (Å²) in [5, 5.41) is 11.3. The van der Waals surface area contributed by atoms with Crippen LogP contribution < -0.4 is 5.56 Å². The largest absolute Gasteiger partial charge is 0.273 e. The van der Waals surface area contributed by atoms with Crippen LogP contribution in [-0.2, 0) is 6.54 Å². The Morgan fingerprint density at radius 3 is 2.60 bits per heavy atom. The van der Waals surface area contributed by atoms with Crippen LogP contribution in [0.4, 0.5) is 0 Å². The Morgan fingerprint density at radius 1 is 1.16 bits per heavy atom. The van der Waals surface area contributed by atoms with Gasteiger partial charge in [-0.05, 0) is 34.7 Å². The second kappa shape index (κ2) is 6.31. The molecule has 0 fully saturated rings. The Labute approximate surface area is 153 Å². The molecule has 4 rings (SSSR count). The van der Waals surface area contributed by atoms with Crippen LogP contribution >= 0.6 is 23.1 Å². The second-order valence-corrected chi connectivity index (χ2v) is 7.93. The van der Waals surface area contributed by atoms with Gasteiger partial charge in [0.2, 0.25) is 5.78 Å². The van der Waals surface area contributed by atoms with Crippen LogP contribution in [-0.4, -0.2) is 25.4 Å². The Kier molecular flexibility index (Phi) is 4.13. The molecule has 0 amide bonds. The van der Waals surface area contributed by atoms with Gasteiger partial charge in [0.25, 0.3) is 5.56 Å². The minimum absolute atomic E-state index is 0.00881. The maximum atomic E-state index is 13.0. The van der Waals surface area contributed by atoms with Crippen molar-refractivity contribution >= 4 is 39.1 Å². The Hall–Kier alpha value is -2.12. The molecule has 5 nitrogen and oxygen atoms in total.